The zero-order chi connectivity index (χ0) is 13.9. The Morgan fingerprint density at radius 3 is 2.58 bits per heavy atom. The van der Waals surface area contributed by atoms with Gasteiger partial charge in [0, 0.05) is 0 Å². The largest absolute Gasteiger partial charge is 0.573 e. The van der Waals surface area contributed by atoms with Crippen molar-refractivity contribution in [2.24, 2.45) is 5.84 Å². The van der Waals surface area contributed by atoms with Crippen LogP contribution in [-0.4, -0.2) is 6.36 Å². The molecule has 102 valence electrons. The summed E-state index contributed by atoms with van der Waals surface area (Å²) in [5.41, 5.74) is 4.07. The second kappa shape index (κ2) is 5.60. The zero-order valence-electron chi connectivity index (χ0n) is 9.65. The minimum Gasteiger partial charge on any atom is -0.406 e. The van der Waals surface area contributed by atoms with Gasteiger partial charge in [-0.15, -0.1) is 13.2 Å². The van der Waals surface area contributed by atoms with Crippen molar-refractivity contribution in [1.29, 1.82) is 0 Å². The first-order valence-corrected chi connectivity index (χ1v) is 6.28. The second-order valence-electron chi connectivity index (χ2n) is 3.78. The van der Waals surface area contributed by atoms with Crippen LogP contribution in [0.1, 0.15) is 17.2 Å². The molecule has 19 heavy (non-hydrogen) atoms. The molecule has 1 aromatic carbocycles. The van der Waals surface area contributed by atoms with Crippen molar-refractivity contribution in [3.8, 4) is 5.75 Å². The number of halogens is 3. The van der Waals surface area contributed by atoms with Crippen molar-refractivity contribution in [3.05, 3.63) is 52.2 Å². The van der Waals surface area contributed by atoms with Gasteiger partial charge in [0.1, 0.15) is 5.75 Å². The van der Waals surface area contributed by atoms with Crippen LogP contribution in [0, 0.1) is 0 Å². The van der Waals surface area contributed by atoms with E-state index in [0.29, 0.717) is 5.56 Å². The number of thiophene rings is 1. The summed E-state index contributed by atoms with van der Waals surface area (Å²) < 4.78 is 40.4. The van der Waals surface area contributed by atoms with E-state index in [-0.39, 0.29) is 11.8 Å². The summed E-state index contributed by atoms with van der Waals surface area (Å²) in [6.45, 7) is 0. The lowest BCUT2D eigenvalue weighted by Crippen LogP contribution is -2.28. The lowest BCUT2D eigenvalue weighted by molar-refractivity contribution is -0.274. The van der Waals surface area contributed by atoms with E-state index in [0.717, 1.165) is 5.56 Å². The average Bonchev–Trinajstić information content (AvgIpc) is 2.82. The normalized spacial score (nSPS) is 13.3. The molecular weight excluding hydrogens is 277 g/mol. The SMILES string of the molecule is NNC(c1ccsc1)c1cccc(OC(F)(F)F)c1. The van der Waals surface area contributed by atoms with E-state index in [1.807, 2.05) is 16.8 Å². The van der Waals surface area contributed by atoms with Crippen LogP contribution in [0.15, 0.2) is 41.1 Å². The van der Waals surface area contributed by atoms with Gasteiger partial charge in [-0.2, -0.15) is 11.3 Å². The Balaban J connectivity index is 2.27. The lowest BCUT2D eigenvalue weighted by Gasteiger charge is -2.16. The third kappa shape index (κ3) is 3.69. The Morgan fingerprint density at radius 2 is 2.00 bits per heavy atom. The molecule has 1 unspecified atom stereocenters. The van der Waals surface area contributed by atoms with Crippen molar-refractivity contribution in [3.63, 3.8) is 0 Å². The van der Waals surface area contributed by atoms with Gasteiger partial charge in [0.2, 0.25) is 0 Å². The summed E-state index contributed by atoms with van der Waals surface area (Å²) in [4.78, 5) is 0. The van der Waals surface area contributed by atoms with Gasteiger partial charge in [-0.1, -0.05) is 12.1 Å². The van der Waals surface area contributed by atoms with Gasteiger partial charge in [-0.25, -0.2) is 5.43 Å². The third-order valence-electron chi connectivity index (χ3n) is 2.47. The van der Waals surface area contributed by atoms with E-state index < -0.39 is 6.36 Å². The van der Waals surface area contributed by atoms with Crippen LogP contribution in [-0.2, 0) is 0 Å². The molecule has 3 N–H and O–H groups in total. The Hall–Kier alpha value is -1.57. The van der Waals surface area contributed by atoms with Crippen LogP contribution in [0.4, 0.5) is 13.2 Å². The summed E-state index contributed by atoms with van der Waals surface area (Å²) in [6, 6.07) is 7.22. The molecule has 3 nitrogen and oxygen atoms in total. The molecule has 0 amide bonds. The molecule has 0 bridgehead atoms. The predicted octanol–water partition coefficient (Wildman–Crippen LogP) is 3.20. The monoisotopic (exact) mass is 288 g/mol. The smallest absolute Gasteiger partial charge is 0.406 e. The van der Waals surface area contributed by atoms with E-state index >= 15 is 0 Å². The van der Waals surface area contributed by atoms with Crippen molar-refractivity contribution in [2.75, 3.05) is 0 Å². The van der Waals surface area contributed by atoms with E-state index in [9.17, 15) is 13.2 Å². The number of rotatable bonds is 4. The minimum absolute atomic E-state index is 0.263. The highest BCUT2D eigenvalue weighted by molar-refractivity contribution is 7.08. The number of nitrogens with one attached hydrogen (secondary N) is 1. The number of ether oxygens (including phenoxy) is 1. The number of hydrogen-bond acceptors (Lipinski definition) is 4. The van der Waals surface area contributed by atoms with Gasteiger partial charge < -0.3 is 4.74 Å². The van der Waals surface area contributed by atoms with Crippen LogP contribution in [0.3, 0.4) is 0 Å². The molecule has 2 rings (SSSR count). The van der Waals surface area contributed by atoms with Gasteiger partial charge >= 0.3 is 6.36 Å². The maximum Gasteiger partial charge on any atom is 0.573 e. The van der Waals surface area contributed by atoms with Crippen LogP contribution in [0.2, 0.25) is 0 Å². The number of nitrogens with two attached hydrogens (primary N) is 1. The number of benzene rings is 1. The predicted molar refractivity (Wildman–Crippen MR) is 66.6 cm³/mol. The fourth-order valence-electron chi connectivity index (χ4n) is 1.72. The molecule has 0 saturated heterocycles. The summed E-state index contributed by atoms with van der Waals surface area (Å²) >= 11 is 1.49. The topological polar surface area (TPSA) is 47.3 Å². The molecule has 7 heteroatoms. The highest BCUT2D eigenvalue weighted by atomic mass is 32.1. The fraction of sp³-hybridized carbons (Fsp3) is 0.167. The van der Waals surface area contributed by atoms with E-state index in [4.69, 9.17) is 5.84 Å². The Labute approximate surface area is 111 Å². The first kappa shape index (κ1) is 13.9. The van der Waals surface area contributed by atoms with E-state index in [1.54, 1.807) is 6.07 Å². The standard InChI is InChI=1S/C12H11F3N2OS/c13-12(14,15)18-10-3-1-2-8(6-10)11(17-16)9-4-5-19-7-9/h1-7,11,17H,16H2. The molecule has 2 aromatic rings. The number of alkyl halides is 3. The number of hydrogen-bond donors (Lipinski definition) is 2. The molecule has 1 atom stereocenters. The van der Waals surface area contributed by atoms with Gasteiger partial charge in [-0.05, 0) is 40.1 Å². The average molecular weight is 288 g/mol. The van der Waals surface area contributed by atoms with Crippen LogP contribution >= 0.6 is 11.3 Å². The van der Waals surface area contributed by atoms with Gasteiger partial charge in [-0.3, -0.25) is 5.84 Å². The minimum atomic E-state index is -4.70. The molecule has 0 aliphatic heterocycles. The second-order valence-corrected chi connectivity index (χ2v) is 4.56. The van der Waals surface area contributed by atoms with E-state index in [2.05, 4.69) is 10.2 Å². The first-order valence-electron chi connectivity index (χ1n) is 5.33. The van der Waals surface area contributed by atoms with Crippen LogP contribution in [0.5, 0.6) is 5.75 Å². The fourth-order valence-corrected chi connectivity index (χ4v) is 2.40. The third-order valence-corrected chi connectivity index (χ3v) is 3.17. The maximum atomic E-state index is 12.2. The molecule has 1 heterocycles. The van der Waals surface area contributed by atoms with Crippen molar-refractivity contribution in [2.45, 2.75) is 12.4 Å². The van der Waals surface area contributed by atoms with Crippen molar-refractivity contribution < 1.29 is 17.9 Å². The summed E-state index contributed by atoms with van der Waals surface area (Å²) in [7, 11) is 0. The maximum absolute atomic E-state index is 12.2. The van der Waals surface area contributed by atoms with Gasteiger partial charge in [0.15, 0.2) is 0 Å². The van der Waals surface area contributed by atoms with E-state index in [1.165, 1.54) is 29.5 Å². The summed E-state index contributed by atoms with van der Waals surface area (Å²) in [5.74, 6) is 5.20. The molecule has 0 fully saturated rings. The Bertz CT molecular complexity index is 528. The molecular formula is C12H11F3N2OS. The Kier molecular flexibility index (Phi) is 4.08. The van der Waals surface area contributed by atoms with Crippen molar-refractivity contribution >= 4 is 11.3 Å². The first-order chi connectivity index (χ1) is 8.99. The van der Waals surface area contributed by atoms with Gasteiger partial charge in [0.05, 0.1) is 6.04 Å². The highest BCUT2D eigenvalue weighted by Gasteiger charge is 2.31. The molecule has 0 saturated carbocycles. The molecule has 0 radical (unpaired) electrons. The number of hydrazine groups is 1. The quantitative estimate of drug-likeness (QED) is 0.671. The molecule has 1 aromatic heterocycles. The Morgan fingerprint density at radius 1 is 1.21 bits per heavy atom. The van der Waals surface area contributed by atoms with Crippen LogP contribution < -0.4 is 16.0 Å². The van der Waals surface area contributed by atoms with Crippen molar-refractivity contribution in [1.82, 2.24) is 5.43 Å². The highest BCUT2D eigenvalue weighted by Crippen LogP contribution is 2.28. The van der Waals surface area contributed by atoms with Gasteiger partial charge in [0.25, 0.3) is 0 Å². The molecule has 0 aliphatic rings. The molecule has 0 spiro atoms. The molecule has 0 aliphatic carbocycles. The summed E-state index contributed by atoms with van der Waals surface area (Å²) in [6.07, 6.45) is -4.70. The van der Waals surface area contributed by atoms with Crippen LogP contribution in [0.25, 0.3) is 0 Å². The lowest BCUT2D eigenvalue weighted by atomic mass is 10.0. The summed E-state index contributed by atoms with van der Waals surface area (Å²) in [5, 5.41) is 3.75. The zero-order valence-corrected chi connectivity index (χ0v) is 10.5.